The smallest absolute Gasteiger partial charge is 0.328 e. The molecule has 0 radical (unpaired) electrons. The van der Waals surface area contributed by atoms with E-state index >= 15 is 0 Å². The van der Waals surface area contributed by atoms with Gasteiger partial charge in [0.1, 0.15) is 6.04 Å². The van der Waals surface area contributed by atoms with Crippen molar-refractivity contribution in [3.8, 4) is 0 Å². The molecule has 0 saturated carbocycles. The van der Waals surface area contributed by atoms with Crippen LogP contribution >= 0.6 is 0 Å². The molecule has 0 aromatic heterocycles. The van der Waals surface area contributed by atoms with Gasteiger partial charge in [-0.15, -0.1) is 0 Å². The molecule has 0 spiro atoms. The fourth-order valence-electron chi connectivity index (χ4n) is 2.15. The fourth-order valence-corrected chi connectivity index (χ4v) is 2.15. The molecule has 0 aliphatic heterocycles. The molecule has 1 aromatic rings. The predicted molar refractivity (Wildman–Crippen MR) is 89.1 cm³/mol. The van der Waals surface area contributed by atoms with Gasteiger partial charge in [-0.2, -0.15) is 0 Å². The van der Waals surface area contributed by atoms with Crippen molar-refractivity contribution in [2.75, 3.05) is 13.2 Å². The number of carbonyl (C=O) groups excluding carboxylic acids is 2. The Bertz CT molecular complexity index is 461. The Balaban J connectivity index is 2.13. The Morgan fingerprint density at radius 2 is 1.65 bits per heavy atom. The molecule has 128 valence electrons. The standard InChI is InChI=1S/C18H27NO4/c1-15(19-17(21)16-11-7-6-8-12-16)18(22)23-14-10-5-3-2-4-9-13-20/h6-8,11-12,15,20H,2-5,9-10,13-14H2,1H3,(H,19,21). The van der Waals surface area contributed by atoms with Crippen molar-refractivity contribution in [1.82, 2.24) is 5.32 Å². The Morgan fingerprint density at radius 3 is 2.30 bits per heavy atom. The molecule has 1 rings (SSSR count). The van der Waals surface area contributed by atoms with Crippen LogP contribution in [-0.2, 0) is 9.53 Å². The number of nitrogens with one attached hydrogen (secondary N) is 1. The molecule has 1 aromatic carbocycles. The van der Waals surface area contributed by atoms with Crippen LogP contribution in [0.15, 0.2) is 30.3 Å². The van der Waals surface area contributed by atoms with E-state index < -0.39 is 12.0 Å². The summed E-state index contributed by atoms with van der Waals surface area (Å²) in [6.07, 6.45) is 5.90. The van der Waals surface area contributed by atoms with Crippen molar-refractivity contribution in [1.29, 1.82) is 0 Å². The van der Waals surface area contributed by atoms with Gasteiger partial charge in [0.2, 0.25) is 0 Å². The van der Waals surface area contributed by atoms with Crippen LogP contribution in [0.2, 0.25) is 0 Å². The SMILES string of the molecule is CC(NC(=O)c1ccccc1)C(=O)OCCCCCCCCO. The first kappa shape index (κ1) is 19.2. The molecular weight excluding hydrogens is 294 g/mol. The second kappa shape index (κ2) is 11.7. The van der Waals surface area contributed by atoms with Crippen LogP contribution < -0.4 is 5.32 Å². The van der Waals surface area contributed by atoms with Crippen LogP contribution in [0.3, 0.4) is 0 Å². The molecule has 1 atom stereocenters. The fraction of sp³-hybridized carbons (Fsp3) is 0.556. The van der Waals surface area contributed by atoms with Gasteiger partial charge in [-0.3, -0.25) is 4.79 Å². The first-order valence-electron chi connectivity index (χ1n) is 8.28. The van der Waals surface area contributed by atoms with E-state index in [1.807, 2.05) is 6.07 Å². The number of benzene rings is 1. The average Bonchev–Trinajstić information content (AvgIpc) is 2.57. The minimum Gasteiger partial charge on any atom is -0.464 e. The number of aliphatic hydroxyl groups is 1. The maximum absolute atomic E-state index is 11.9. The number of ether oxygens (including phenoxy) is 1. The molecule has 1 unspecified atom stereocenters. The third-order valence-electron chi connectivity index (χ3n) is 3.53. The lowest BCUT2D eigenvalue weighted by Crippen LogP contribution is -2.39. The van der Waals surface area contributed by atoms with Gasteiger partial charge >= 0.3 is 5.97 Å². The van der Waals surface area contributed by atoms with E-state index in [2.05, 4.69) is 5.32 Å². The minimum absolute atomic E-state index is 0.254. The van der Waals surface area contributed by atoms with Crippen LogP contribution in [0, 0.1) is 0 Å². The number of aliphatic hydroxyl groups excluding tert-OH is 1. The zero-order valence-electron chi connectivity index (χ0n) is 13.8. The lowest BCUT2D eigenvalue weighted by molar-refractivity contribution is -0.145. The van der Waals surface area contributed by atoms with Crippen LogP contribution in [0.25, 0.3) is 0 Å². The summed E-state index contributed by atoms with van der Waals surface area (Å²) in [5.74, 6) is -0.687. The highest BCUT2D eigenvalue weighted by Crippen LogP contribution is 2.05. The van der Waals surface area contributed by atoms with Crippen molar-refractivity contribution in [3.63, 3.8) is 0 Å². The van der Waals surface area contributed by atoms with Crippen LogP contribution in [-0.4, -0.2) is 36.2 Å². The first-order valence-corrected chi connectivity index (χ1v) is 8.28. The summed E-state index contributed by atoms with van der Waals surface area (Å²) in [5.41, 5.74) is 0.523. The van der Waals surface area contributed by atoms with Crippen LogP contribution in [0.4, 0.5) is 0 Å². The maximum Gasteiger partial charge on any atom is 0.328 e. The molecule has 0 bridgehead atoms. The summed E-state index contributed by atoms with van der Waals surface area (Å²) in [6, 6.07) is 8.12. The van der Waals surface area contributed by atoms with Gasteiger partial charge in [-0.1, -0.05) is 43.9 Å². The van der Waals surface area contributed by atoms with Gasteiger partial charge in [0.05, 0.1) is 6.61 Å². The third-order valence-corrected chi connectivity index (χ3v) is 3.53. The van der Waals surface area contributed by atoms with E-state index in [-0.39, 0.29) is 12.5 Å². The molecule has 23 heavy (non-hydrogen) atoms. The summed E-state index contributed by atoms with van der Waals surface area (Å²) < 4.78 is 5.17. The summed E-state index contributed by atoms with van der Waals surface area (Å²) in [7, 11) is 0. The minimum atomic E-state index is -0.660. The topological polar surface area (TPSA) is 75.6 Å². The Kier molecular flexibility index (Phi) is 9.71. The van der Waals surface area contributed by atoms with E-state index in [1.54, 1.807) is 31.2 Å². The molecule has 5 heteroatoms. The Hall–Kier alpha value is -1.88. The predicted octanol–water partition coefficient (Wildman–Crippen LogP) is 2.68. The second-order valence-corrected chi connectivity index (χ2v) is 5.57. The zero-order valence-corrected chi connectivity index (χ0v) is 13.8. The molecule has 0 aliphatic rings. The van der Waals surface area contributed by atoms with Gasteiger partial charge < -0.3 is 15.2 Å². The van der Waals surface area contributed by atoms with Crippen molar-refractivity contribution in [3.05, 3.63) is 35.9 Å². The summed E-state index contributed by atoms with van der Waals surface area (Å²) in [4.78, 5) is 23.7. The van der Waals surface area contributed by atoms with Gasteiger partial charge in [-0.25, -0.2) is 4.79 Å². The lowest BCUT2D eigenvalue weighted by atomic mass is 10.1. The summed E-state index contributed by atoms with van der Waals surface area (Å²) in [6.45, 7) is 2.26. The largest absolute Gasteiger partial charge is 0.464 e. The summed E-state index contributed by atoms with van der Waals surface area (Å²) >= 11 is 0. The number of rotatable bonds is 11. The van der Waals surface area contributed by atoms with Crippen LogP contribution in [0.5, 0.6) is 0 Å². The average molecular weight is 321 g/mol. The molecule has 5 nitrogen and oxygen atoms in total. The molecule has 0 heterocycles. The number of hydrogen-bond acceptors (Lipinski definition) is 4. The number of unbranched alkanes of at least 4 members (excludes halogenated alkanes) is 5. The summed E-state index contributed by atoms with van der Waals surface area (Å²) in [5, 5.41) is 11.3. The van der Waals surface area contributed by atoms with Gasteiger partial charge in [0.15, 0.2) is 0 Å². The highest BCUT2D eigenvalue weighted by atomic mass is 16.5. The van der Waals surface area contributed by atoms with E-state index in [4.69, 9.17) is 9.84 Å². The molecule has 0 aliphatic carbocycles. The molecule has 2 N–H and O–H groups in total. The van der Waals surface area contributed by atoms with Crippen LogP contribution in [0.1, 0.15) is 55.8 Å². The third kappa shape index (κ3) is 8.35. The maximum atomic E-state index is 11.9. The molecular formula is C18H27NO4. The second-order valence-electron chi connectivity index (χ2n) is 5.57. The normalized spacial score (nSPS) is 11.7. The zero-order chi connectivity index (χ0) is 16.9. The van der Waals surface area contributed by atoms with Crippen molar-refractivity contribution in [2.24, 2.45) is 0 Å². The van der Waals surface area contributed by atoms with E-state index in [9.17, 15) is 9.59 Å². The Labute approximate surface area is 138 Å². The molecule has 0 fully saturated rings. The van der Waals surface area contributed by atoms with E-state index in [0.29, 0.717) is 12.2 Å². The van der Waals surface area contributed by atoms with E-state index in [1.165, 1.54) is 0 Å². The van der Waals surface area contributed by atoms with Gasteiger partial charge in [0.25, 0.3) is 5.91 Å². The molecule has 0 saturated heterocycles. The van der Waals surface area contributed by atoms with Gasteiger partial charge in [0, 0.05) is 12.2 Å². The monoisotopic (exact) mass is 321 g/mol. The van der Waals surface area contributed by atoms with Crippen molar-refractivity contribution >= 4 is 11.9 Å². The van der Waals surface area contributed by atoms with Gasteiger partial charge in [-0.05, 0) is 31.9 Å². The number of esters is 1. The number of hydrogen-bond donors (Lipinski definition) is 2. The Morgan fingerprint density at radius 1 is 1.04 bits per heavy atom. The van der Waals surface area contributed by atoms with Crippen molar-refractivity contribution < 1.29 is 19.4 Å². The number of amides is 1. The van der Waals surface area contributed by atoms with Crippen molar-refractivity contribution in [2.45, 2.75) is 51.5 Å². The molecule has 1 amide bonds. The highest BCUT2D eigenvalue weighted by molar-refractivity contribution is 5.96. The number of carbonyl (C=O) groups is 2. The quantitative estimate of drug-likeness (QED) is 0.485. The lowest BCUT2D eigenvalue weighted by Gasteiger charge is -2.13. The van der Waals surface area contributed by atoms with E-state index in [0.717, 1.165) is 38.5 Å². The highest BCUT2D eigenvalue weighted by Gasteiger charge is 2.17. The first-order chi connectivity index (χ1) is 11.1.